The normalized spacial score (nSPS) is 15.8. The molecule has 2 aromatic rings. The third kappa shape index (κ3) is 3.22. The molecule has 5 rings (SSSR count). The second kappa shape index (κ2) is 6.65. The van der Waals surface area contributed by atoms with Gasteiger partial charge in [0.2, 0.25) is 5.91 Å². The van der Waals surface area contributed by atoms with Gasteiger partial charge in [-0.1, -0.05) is 11.8 Å². The van der Waals surface area contributed by atoms with E-state index in [4.69, 9.17) is 4.98 Å². The van der Waals surface area contributed by atoms with Crippen LogP contribution in [-0.4, -0.2) is 34.7 Å². The van der Waals surface area contributed by atoms with Crippen LogP contribution in [0.2, 0.25) is 0 Å². The number of carbonyl (C=O) groups excluding carboxylic acids is 1. The number of fused-ring (bicyclic) bond motifs is 2. The Morgan fingerprint density at radius 2 is 2.28 bits per heavy atom. The van der Waals surface area contributed by atoms with Crippen molar-refractivity contribution < 1.29 is 4.79 Å². The van der Waals surface area contributed by atoms with Crippen LogP contribution in [0.1, 0.15) is 35.7 Å². The molecule has 0 atom stereocenters. The van der Waals surface area contributed by atoms with Crippen molar-refractivity contribution in [2.24, 2.45) is 0 Å². The topological polar surface area (TPSA) is 81.9 Å². The summed E-state index contributed by atoms with van der Waals surface area (Å²) in [6, 6.07) is 4.17. The van der Waals surface area contributed by atoms with Crippen molar-refractivity contribution in [1.29, 1.82) is 5.26 Å². The summed E-state index contributed by atoms with van der Waals surface area (Å²) in [6.45, 7) is 3.99. The molecule has 6 nitrogen and oxygen atoms in total. The Labute approximate surface area is 154 Å². The number of nitrogens with one attached hydrogen (secondary N) is 1. The number of rotatable bonds is 4. The summed E-state index contributed by atoms with van der Waals surface area (Å²) in [5, 5.41) is 15.4. The first-order valence-electron chi connectivity index (χ1n) is 8.19. The van der Waals surface area contributed by atoms with Crippen molar-refractivity contribution in [2.75, 3.05) is 29.1 Å². The Morgan fingerprint density at radius 1 is 1.48 bits per heavy atom. The number of aryl methyl sites for hydroxylation is 1. The molecule has 8 heteroatoms. The lowest BCUT2D eigenvalue weighted by molar-refractivity contribution is -0.113. The van der Waals surface area contributed by atoms with E-state index >= 15 is 0 Å². The van der Waals surface area contributed by atoms with Gasteiger partial charge in [-0.05, 0) is 25.8 Å². The largest absolute Gasteiger partial charge is 0.370 e. The molecule has 0 spiro atoms. The Hall–Kier alpha value is -2.11. The predicted molar refractivity (Wildman–Crippen MR) is 99.3 cm³/mol. The molecule has 0 radical (unpaired) electrons. The van der Waals surface area contributed by atoms with Crippen LogP contribution in [0.15, 0.2) is 16.5 Å². The number of nitriles is 1. The molecule has 0 aromatic carbocycles. The minimum Gasteiger partial charge on any atom is -0.370 e. The van der Waals surface area contributed by atoms with Crippen molar-refractivity contribution in [1.82, 2.24) is 9.97 Å². The van der Waals surface area contributed by atoms with E-state index in [9.17, 15) is 10.1 Å². The zero-order valence-electron chi connectivity index (χ0n) is 13.8. The zero-order chi connectivity index (χ0) is 17.4. The maximum atomic E-state index is 12.1. The maximum Gasteiger partial charge on any atom is 0.236 e. The summed E-state index contributed by atoms with van der Waals surface area (Å²) >= 11 is 2.73. The van der Waals surface area contributed by atoms with E-state index < -0.39 is 0 Å². The van der Waals surface area contributed by atoms with E-state index in [0.29, 0.717) is 21.6 Å². The molecule has 1 fully saturated rings. The second-order valence-corrected chi connectivity index (χ2v) is 8.07. The summed E-state index contributed by atoms with van der Waals surface area (Å²) < 4.78 is 0. The van der Waals surface area contributed by atoms with Gasteiger partial charge in [-0.2, -0.15) is 5.26 Å². The number of carbonyl (C=O) groups is 1. The summed E-state index contributed by atoms with van der Waals surface area (Å²) in [7, 11) is 0. The van der Waals surface area contributed by atoms with Gasteiger partial charge in [0.1, 0.15) is 11.1 Å². The molecule has 25 heavy (non-hydrogen) atoms. The second-order valence-electron chi connectivity index (χ2n) is 6.25. The number of thioether (sulfide) groups is 1. The highest BCUT2D eigenvalue weighted by Crippen LogP contribution is 2.42. The summed E-state index contributed by atoms with van der Waals surface area (Å²) in [5.41, 5.74) is 3.64. The molecule has 0 unspecified atom stereocenters. The van der Waals surface area contributed by atoms with Gasteiger partial charge in [0.05, 0.1) is 28.4 Å². The predicted octanol–water partition coefficient (Wildman–Crippen LogP) is 3.15. The van der Waals surface area contributed by atoms with E-state index in [-0.39, 0.29) is 11.7 Å². The highest BCUT2D eigenvalue weighted by molar-refractivity contribution is 8.00. The molecule has 128 valence electrons. The average Bonchev–Trinajstić information content (AvgIpc) is 3.04. The molecule has 0 saturated carbocycles. The Balaban J connectivity index is 1.50. The minimum absolute atomic E-state index is 0.131. The van der Waals surface area contributed by atoms with Crippen LogP contribution in [0.5, 0.6) is 0 Å². The highest BCUT2D eigenvalue weighted by atomic mass is 32.2. The molecule has 3 aliphatic rings. The maximum absolute atomic E-state index is 12.1. The molecule has 1 amide bonds. The van der Waals surface area contributed by atoms with Gasteiger partial charge >= 0.3 is 0 Å². The SMILES string of the molecule is Cc1csc(NC(=O)CSc2nc3c(cc2C#N)N2CCC3CC2)n1. The number of amides is 1. The van der Waals surface area contributed by atoms with Gasteiger partial charge in [0.25, 0.3) is 0 Å². The van der Waals surface area contributed by atoms with Crippen LogP contribution in [0.3, 0.4) is 0 Å². The number of aromatic nitrogens is 2. The van der Waals surface area contributed by atoms with E-state index in [0.717, 1.165) is 43.0 Å². The standard InChI is InChI=1S/C17H17N5OS2/c1-10-8-25-17(19-10)20-14(23)9-24-16-12(7-18)6-13-15(21-16)11-2-4-22(13)5-3-11/h6,8,11H,2-5,9H2,1H3,(H,19,20,23). The van der Waals surface area contributed by atoms with Crippen molar-refractivity contribution in [2.45, 2.75) is 30.7 Å². The zero-order valence-corrected chi connectivity index (χ0v) is 15.4. The summed E-state index contributed by atoms with van der Waals surface area (Å²) in [4.78, 5) is 23.4. The van der Waals surface area contributed by atoms with Crippen LogP contribution in [-0.2, 0) is 4.79 Å². The molecule has 5 heterocycles. The first-order chi connectivity index (χ1) is 12.1. The van der Waals surface area contributed by atoms with Gasteiger partial charge < -0.3 is 10.2 Å². The number of pyridine rings is 1. The van der Waals surface area contributed by atoms with Gasteiger partial charge in [-0.3, -0.25) is 4.79 Å². The lowest BCUT2D eigenvalue weighted by Gasteiger charge is -2.41. The molecule has 1 saturated heterocycles. The smallest absolute Gasteiger partial charge is 0.236 e. The highest BCUT2D eigenvalue weighted by Gasteiger charge is 2.33. The monoisotopic (exact) mass is 371 g/mol. The van der Waals surface area contributed by atoms with Crippen LogP contribution in [0.25, 0.3) is 0 Å². The molecule has 2 aromatic heterocycles. The van der Waals surface area contributed by atoms with Crippen molar-refractivity contribution >= 4 is 39.8 Å². The van der Waals surface area contributed by atoms with Crippen molar-refractivity contribution in [3.63, 3.8) is 0 Å². The fraction of sp³-hybridized carbons (Fsp3) is 0.412. The van der Waals surface area contributed by atoms with E-state index in [1.54, 1.807) is 0 Å². The van der Waals surface area contributed by atoms with Crippen molar-refractivity contribution in [3.8, 4) is 6.07 Å². The first kappa shape index (κ1) is 16.4. The lowest BCUT2D eigenvalue weighted by atomic mass is 9.86. The van der Waals surface area contributed by atoms with Gasteiger partial charge in [-0.25, -0.2) is 9.97 Å². The number of anilines is 2. The lowest BCUT2D eigenvalue weighted by Crippen LogP contribution is -2.39. The number of hydrogen-bond acceptors (Lipinski definition) is 7. The summed E-state index contributed by atoms with van der Waals surface area (Å²) in [6.07, 6.45) is 2.25. The molecular formula is C17H17N5OS2. The third-order valence-electron chi connectivity index (χ3n) is 4.54. The summed E-state index contributed by atoms with van der Waals surface area (Å²) in [5.74, 6) is 0.570. The Morgan fingerprint density at radius 3 is 2.96 bits per heavy atom. The molecule has 1 N–H and O–H groups in total. The quantitative estimate of drug-likeness (QED) is 0.832. The number of piperidine rings is 1. The van der Waals surface area contributed by atoms with Crippen LogP contribution in [0, 0.1) is 18.3 Å². The molecule has 2 bridgehead atoms. The van der Waals surface area contributed by atoms with Crippen LogP contribution >= 0.6 is 23.1 Å². The third-order valence-corrected chi connectivity index (χ3v) is 6.41. The van der Waals surface area contributed by atoms with Gasteiger partial charge in [-0.15, -0.1) is 11.3 Å². The molecule has 3 aliphatic heterocycles. The van der Waals surface area contributed by atoms with E-state index in [2.05, 4.69) is 21.3 Å². The van der Waals surface area contributed by atoms with E-state index in [1.807, 2.05) is 18.4 Å². The van der Waals surface area contributed by atoms with Crippen molar-refractivity contribution in [3.05, 3.63) is 28.4 Å². The van der Waals surface area contributed by atoms with Crippen LogP contribution in [0.4, 0.5) is 10.8 Å². The molecular weight excluding hydrogens is 354 g/mol. The van der Waals surface area contributed by atoms with E-state index in [1.165, 1.54) is 23.1 Å². The van der Waals surface area contributed by atoms with Gasteiger partial charge in [0.15, 0.2) is 5.13 Å². The molecule has 0 aliphatic carbocycles. The minimum atomic E-state index is -0.131. The average molecular weight is 371 g/mol. The van der Waals surface area contributed by atoms with Crippen LogP contribution < -0.4 is 10.2 Å². The Bertz CT molecular complexity index is 864. The number of hydrogen-bond donors (Lipinski definition) is 1. The first-order valence-corrected chi connectivity index (χ1v) is 10.1. The number of nitrogens with zero attached hydrogens (tertiary/aromatic N) is 4. The number of thiazole rings is 1. The Kier molecular flexibility index (Phi) is 4.36. The fourth-order valence-electron chi connectivity index (χ4n) is 3.34. The fourth-order valence-corrected chi connectivity index (χ4v) is 4.80. The van der Waals surface area contributed by atoms with Gasteiger partial charge in [0, 0.05) is 24.4 Å².